The lowest BCUT2D eigenvalue weighted by Crippen LogP contribution is -2.28. The Morgan fingerprint density at radius 3 is 2.41 bits per heavy atom. The van der Waals surface area contributed by atoms with Crippen LogP contribution in [0, 0.1) is 26.6 Å². The van der Waals surface area contributed by atoms with E-state index < -0.39 is 23.2 Å². The van der Waals surface area contributed by atoms with Crippen LogP contribution in [0.4, 0.5) is 15.8 Å². The third-order valence-electron chi connectivity index (χ3n) is 5.32. The largest absolute Gasteiger partial charge is 0.324 e. The van der Waals surface area contributed by atoms with Gasteiger partial charge in [-0.15, -0.1) is 11.3 Å². The number of nitrogens with zero attached hydrogens (tertiary/aromatic N) is 2. The van der Waals surface area contributed by atoms with Gasteiger partial charge in [-0.1, -0.05) is 23.7 Å². The molecule has 0 saturated heterocycles. The summed E-state index contributed by atoms with van der Waals surface area (Å²) in [6.45, 7) is 4.87. The highest BCUT2D eigenvalue weighted by atomic mass is 35.5. The topological polar surface area (TPSA) is 93.1 Å². The van der Waals surface area contributed by atoms with E-state index in [1.165, 1.54) is 17.0 Å². The molecule has 2 aromatic heterocycles. The third kappa shape index (κ3) is 4.71. The summed E-state index contributed by atoms with van der Waals surface area (Å²) in [4.78, 5) is 43.3. The van der Waals surface area contributed by atoms with Crippen molar-refractivity contribution in [3.05, 3.63) is 85.5 Å². The number of amides is 2. The Balaban J connectivity index is 1.57. The first-order valence-electron chi connectivity index (χ1n) is 10.3. The molecule has 34 heavy (non-hydrogen) atoms. The summed E-state index contributed by atoms with van der Waals surface area (Å²) in [5.41, 5.74) is 2.18. The van der Waals surface area contributed by atoms with Gasteiger partial charge in [-0.3, -0.25) is 19.0 Å². The number of carbonyl (C=O) groups excluding carboxylic acids is 2. The number of fused-ring (bicyclic) bond motifs is 1. The van der Waals surface area contributed by atoms with Crippen molar-refractivity contribution in [1.29, 1.82) is 0 Å². The number of benzene rings is 2. The summed E-state index contributed by atoms with van der Waals surface area (Å²) in [5, 5.41) is 6.14. The van der Waals surface area contributed by atoms with Crippen molar-refractivity contribution in [2.75, 3.05) is 10.6 Å². The zero-order valence-electron chi connectivity index (χ0n) is 18.5. The van der Waals surface area contributed by atoms with E-state index in [-0.39, 0.29) is 16.8 Å². The number of thiophene rings is 1. The number of halogens is 2. The molecule has 174 valence electrons. The highest BCUT2D eigenvalue weighted by molar-refractivity contribution is 7.20. The van der Waals surface area contributed by atoms with Crippen LogP contribution in [0.1, 0.15) is 26.4 Å². The van der Waals surface area contributed by atoms with Gasteiger partial charge >= 0.3 is 0 Å². The lowest BCUT2D eigenvalue weighted by Gasteiger charge is -2.08. The van der Waals surface area contributed by atoms with E-state index in [9.17, 15) is 18.8 Å². The van der Waals surface area contributed by atoms with Crippen molar-refractivity contribution >= 4 is 56.3 Å². The molecular formula is C24H20ClFN4O3S. The van der Waals surface area contributed by atoms with E-state index in [4.69, 9.17) is 11.6 Å². The van der Waals surface area contributed by atoms with Gasteiger partial charge in [0.2, 0.25) is 5.91 Å². The molecule has 2 amide bonds. The summed E-state index contributed by atoms with van der Waals surface area (Å²) in [7, 11) is 0. The minimum atomic E-state index is -0.469. The fourth-order valence-electron chi connectivity index (χ4n) is 3.37. The second kappa shape index (κ2) is 9.36. The minimum Gasteiger partial charge on any atom is -0.324 e. The summed E-state index contributed by atoms with van der Waals surface area (Å²) < 4.78 is 15.0. The van der Waals surface area contributed by atoms with E-state index in [1.807, 2.05) is 6.92 Å². The normalized spacial score (nSPS) is 11.0. The van der Waals surface area contributed by atoms with Crippen LogP contribution in [0.2, 0.25) is 5.02 Å². The highest BCUT2D eigenvalue weighted by Crippen LogP contribution is 2.28. The lowest BCUT2D eigenvalue weighted by molar-refractivity contribution is -0.116. The summed E-state index contributed by atoms with van der Waals surface area (Å²) in [6.07, 6.45) is 1.28. The fraction of sp³-hybridized carbons (Fsp3) is 0.167. The predicted molar refractivity (Wildman–Crippen MR) is 133 cm³/mol. The van der Waals surface area contributed by atoms with Gasteiger partial charge in [-0.25, -0.2) is 9.37 Å². The molecule has 2 N–H and O–H groups in total. The summed E-state index contributed by atoms with van der Waals surface area (Å²) >= 11 is 7.15. The van der Waals surface area contributed by atoms with Crippen LogP contribution >= 0.6 is 22.9 Å². The second-order valence-electron chi connectivity index (χ2n) is 7.84. The number of hydrogen-bond acceptors (Lipinski definition) is 5. The second-order valence-corrected chi connectivity index (χ2v) is 9.25. The van der Waals surface area contributed by atoms with Crippen molar-refractivity contribution in [2.24, 2.45) is 0 Å². The number of rotatable bonds is 5. The molecule has 0 atom stereocenters. The molecule has 0 radical (unpaired) electrons. The van der Waals surface area contributed by atoms with Crippen LogP contribution in [0.25, 0.3) is 10.2 Å². The van der Waals surface area contributed by atoms with E-state index in [0.717, 1.165) is 16.9 Å². The monoisotopic (exact) mass is 498 g/mol. The fourth-order valence-corrected chi connectivity index (χ4v) is 4.59. The smallest absolute Gasteiger partial charge is 0.266 e. The number of nitrogens with one attached hydrogen (secondary N) is 2. The Morgan fingerprint density at radius 1 is 1.06 bits per heavy atom. The molecule has 0 bridgehead atoms. The van der Waals surface area contributed by atoms with E-state index in [1.54, 1.807) is 44.2 Å². The van der Waals surface area contributed by atoms with Crippen LogP contribution in [-0.4, -0.2) is 21.4 Å². The molecule has 2 aromatic carbocycles. The molecule has 0 aliphatic rings. The molecule has 0 spiro atoms. The first kappa shape index (κ1) is 23.6. The zero-order valence-corrected chi connectivity index (χ0v) is 20.1. The summed E-state index contributed by atoms with van der Waals surface area (Å²) in [6, 6.07) is 9.54. The van der Waals surface area contributed by atoms with Gasteiger partial charge in [-0.2, -0.15) is 0 Å². The molecule has 0 aliphatic heterocycles. The third-order valence-corrected chi connectivity index (χ3v) is 6.93. The van der Waals surface area contributed by atoms with Gasteiger partial charge in [-0.05, 0) is 61.7 Å². The summed E-state index contributed by atoms with van der Waals surface area (Å²) in [5.74, 6) is -1.32. The average Bonchev–Trinajstić information content (AvgIpc) is 3.12. The van der Waals surface area contributed by atoms with Gasteiger partial charge in [0.1, 0.15) is 17.2 Å². The highest BCUT2D eigenvalue weighted by Gasteiger charge is 2.20. The molecule has 0 unspecified atom stereocenters. The van der Waals surface area contributed by atoms with Crippen molar-refractivity contribution in [1.82, 2.24) is 9.55 Å². The number of aromatic nitrogens is 2. The molecule has 0 aliphatic carbocycles. The lowest BCUT2D eigenvalue weighted by atomic mass is 10.2. The molecule has 10 heteroatoms. The van der Waals surface area contributed by atoms with Crippen LogP contribution in [0.15, 0.2) is 47.5 Å². The van der Waals surface area contributed by atoms with Crippen molar-refractivity contribution in [3.8, 4) is 0 Å². The Kier molecular flexibility index (Phi) is 6.49. The standard InChI is InChI=1S/C24H20ClFN4O3S/c1-12-4-6-15(8-17(12)25)28-19(31)10-30-11-27-23-20(24(30)33)14(3)21(34-23)22(32)29-16-7-5-13(2)18(26)9-16/h4-9,11H,10H2,1-3H3,(H,28,31)(H,29,32). The molecule has 7 nitrogen and oxygen atoms in total. The van der Waals surface area contributed by atoms with Gasteiger partial charge in [0.25, 0.3) is 11.5 Å². The number of anilines is 2. The molecule has 2 heterocycles. The van der Waals surface area contributed by atoms with Gasteiger partial charge < -0.3 is 10.6 Å². The maximum absolute atomic E-state index is 13.8. The van der Waals surface area contributed by atoms with Crippen molar-refractivity contribution in [3.63, 3.8) is 0 Å². The maximum atomic E-state index is 13.8. The first-order chi connectivity index (χ1) is 16.1. The van der Waals surface area contributed by atoms with Gasteiger partial charge in [0, 0.05) is 16.4 Å². The van der Waals surface area contributed by atoms with Crippen LogP contribution < -0.4 is 16.2 Å². The van der Waals surface area contributed by atoms with Crippen LogP contribution in [-0.2, 0) is 11.3 Å². The predicted octanol–water partition coefficient (Wildman–Crippen LogP) is 5.07. The number of aryl methyl sites for hydroxylation is 3. The molecule has 0 fully saturated rings. The Bertz CT molecular complexity index is 1510. The van der Waals surface area contributed by atoms with E-state index in [2.05, 4.69) is 15.6 Å². The van der Waals surface area contributed by atoms with E-state index >= 15 is 0 Å². The number of carbonyl (C=O) groups is 2. The number of hydrogen-bond donors (Lipinski definition) is 2. The van der Waals surface area contributed by atoms with Crippen molar-refractivity contribution in [2.45, 2.75) is 27.3 Å². The Morgan fingerprint density at radius 2 is 1.74 bits per heavy atom. The quantitative estimate of drug-likeness (QED) is 0.402. The average molecular weight is 499 g/mol. The Hall–Kier alpha value is -3.56. The molecule has 4 rings (SSSR count). The minimum absolute atomic E-state index is 0.257. The molecule has 0 saturated carbocycles. The maximum Gasteiger partial charge on any atom is 0.266 e. The van der Waals surface area contributed by atoms with Gasteiger partial charge in [0.15, 0.2) is 0 Å². The molecular weight excluding hydrogens is 479 g/mol. The first-order valence-corrected chi connectivity index (χ1v) is 11.5. The van der Waals surface area contributed by atoms with Crippen LogP contribution in [0.3, 0.4) is 0 Å². The Labute approximate surface area is 203 Å². The molecule has 4 aromatic rings. The van der Waals surface area contributed by atoms with Gasteiger partial charge in [0.05, 0.1) is 16.6 Å². The van der Waals surface area contributed by atoms with Crippen molar-refractivity contribution < 1.29 is 14.0 Å². The van der Waals surface area contributed by atoms with Crippen LogP contribution in [0.5, 0.6) is 0 Å². The van der Waals surface area contributed by atoms with E-state index in [0.29, 0.717) is 32.4 Å². The SMILES string of the molecule is Cc1ccc(NC(=O)c2sc3ncn(CC(=O)Nc4ccc(C)c(Cl)c4)c(=O)c3c2C)cc1F. The zero-order chi connectivity index (χ0) is 24.6.